The zero-order chi connectivity index (χ0) is 20.3. The molecule has 0 aliphatic heterocycles. The van der Waals surface area contributed by atoms with Crippen LogP contribution in [0.4, 0.5) is 0 Å². The number of rotatable bonds is 7. The van der Waals surface area contributed by atoms with Crippen molar-refractivity contribution < 1.29 is 18.7 Å². The summed E-state index contributed by atoms with van der Waals surface area (Å²) in [4.78, 5) is 18.9. The average Bonchev–Trinajstić information content (AvgIpc) is 3.00. The molecule has 1 atom stereocenters. The fourth-order valence-corrected chi connectivity index (χ4v) is 4.00. The van der Waals surface area contributed by atoms with E-state index in [0.717, 1.165) is 18.5 Å². The Balaban J connectivity index is 1.72. The average molecular weight is 407 g/mol. The number of ether oxygens (including phenoxy) is 2. The minimum Gasteiger partial charge on any atom is -0.440 e. The molecule has 0 radical (unpaired) electrons. The lowest BCUT2D eigenvalue weighted by Crippen LogP contribution is -2.39. The van der Waals surface area contributed by atoms with E-state index in [0.29, 0.717) is 35.2 Å². The van der Waals surface area contributed by atoms with Gasteiger partial charge in [0.15, 0.2) is 12.2 Å². The van der Waals surface area contributed by atoms with Crippen LogP contribution in [-0.4, -0.2) is 42.7 Å². The summed E-state index contributed by atoms with van der Waals surface area (Å²) in [5.41, 5.74) is 2.24. The van der Waals surface area contributed by atoms with Gasteiger partial charge in [-0.15, -0.1) is 0 Å². The second-order valence-corrected chi connectivity index (χ2v) is 8.49. The molecule has 3 rings (SSSR count). The van der Waals surface area contributed by atoms with Crippen molar-refractivity contribution in [1.82, 2.24) is 9.88 Å². The molecule has 1 aliphatic rings. The van der Waals surface area contributed by atoms with Gasteiger partial charge in [0.25, 0.3) is 5.91 Å². The monoisotopic (exact) mass is 406 g/mol. The molecule has 7 heteroatoms. The lowest BCUT2D eigenvalue weighted by atomic mass is 9.76. The first-order valence-corrected chi connectivity index (χ1v) is 9.85. The second kappa shape index (κ2) is 8.53. The van der Waals surface area contributed by atoms with Crippen molar-refractivity contribution in [3.8, 4) is 6.08 Å². The minimum atomic E-state index is -0.156. The first-order chi connectivity index (χ1) is 13.3. The number of hydrogen-bond donors (Lipinski definition) is 0. The van der Waals surface area contributed by atoms with Crippen LogP contribution in [0.25, 0.3) is 11.1 Å². The number of carbonyl (C=O) groups is 1. The Morgan fingerprint density at radius 3 is 2.93 bits per heavy atom. The van der Waals surface area contributed by atoms with E-state index in [4.69, 9.17) is 25.5 Å². The molecule has 0 fully saturated rings. The van der Waals surface area contributed by atoms with Gasteiger partial charge >= 0.3 is 6.08 Å². The molecule has 0 N–H and O–H groups in total. The summed E-state index contributed by atoms with van der Waals surface area (Å²) in [6.07, 6.45) is 4.22. The third-order valence-electron chi connectivity index (χ3n) is 4.81. The molecule has 6 nitrogen and oxygen atoms in total. The predicted octanol–water partition coefficient (Wildman–Crippen LogP) is 4.68. The summed E-state index contributed by atoms with van der Waals surface area (Å²) in [5.74, 6) is 0.365. The van der Waals surface area contributed by atoms with Gasteiger partial charge in [-0.3, -0.25) is 4.79 Å². The smallest absolute Gasteiger partial charge is 0.395 e. The highest BCUT2D eigenvalue weighted by Crippen LogP contribution is 2.38. The van der Waals surface area contributed by atoms with Crippen molar-refractivity contribution in [1.29, 1.82) is 0 Å². The quantitative estimate of drug-likeness (QED) is 0.668. The molecule has 1 heterocycles. The molecule has 1 aliphatic carbocycles. The molecule has 2 aromatic rings. The lowest BCUT2D eigenvalue weighted by Gasteiger charge is -2.36. The summed E-state index contributed by atoms with van der Waals surface area (Å²) >= 11 is 5.96. The summed E-state index contributed by atoms with van der Waals surface area (Å²) in [6, 6.07) is 5.13. The molecule has 0 saturated heterocycles. The summed E-state index contributed by atoms with van der Waals surface area (Å²) in [6.45, 7) is 7.39. The van der Waals surface area contributed by atoms with Crippen LogP contribution in [0.5, 0.6) is 6.08 Å². The Kier molecular flexibility index (Phi) is 6.30. The number of nitrogens with zero attached hydrogens (tertiary/aromatic N) is 2. The molecule has 1 unspecified atom stereocenters. The van der Waals surface area contributed by atoms with E-state index >= 15 is 0 Å². The molecular formula is C21H27ClN2O4. The molecule has 28 heavy (non-hydrogen) atoms. The number of carbonyl (C=O) groups excluding carboxylic acids is 1. The van der Waals surface area contributed by atoms with E-state index in [-0.39, 0.29) is 24.0 Å². The summed E-state index contributed by atoms with van der Waals surface area (Å²) < 4.78 is 16.3. The number of halogens is 1. The van der Waals surface area contributed by atoms with E-state index in [9.17, 15) is 4.79 Å². The van der Waals surface area contributed by atoms with Crippen molar-refractivity contribution in [3.63, 3.8) is 0 Å². The van der Waals surface area contributed by atoms with Crippen molar-refractivity contribution in [2.24, 2.45) is 11.3 Å². The van der Waals surface area contributed by atoms with E-state index < -0.39 is 0 Å². The van der Waals surface area contributed by atoms with Gasteiger partial charge in [-0.05, 0) is 42.4 Å². The van der Waals surface area contributed by atoms with Gasteiger partial charge in [-0.2, -0.15) is 4.98 Å². The van der Waals surface area contributed by atoms with E-state index in [1.54, 1.807) is 30.2 Å². The van der Waals surface area contributed by atoms with E-state index in [1.807, 2.05) is 0 Å². The molecule has 0 bridgehead atoms. The largest absolute Gasteiger partial charge is 0.440 e. The predicted molar refractivity (Wildman–Crippen MR) is 108 cm³/mol. The maximum absolute atomic E-state index is 12.9. The fraction of sp³-hybridized carbons (Fsp3) is 0.524. The summed E-state index contributed by atoms with van der Waals surface area (Å²) in [7, 11) is 1.63. The van der Waals surface area contributed by atoms with Crippen molar-refractivity contribution in [3.05, 3.63) is 35.0 Å². The van der Waals surface area contributed by atoms with Gasteiger partial charge in [0, 0.05) is 24.4 Å². The molecule has 0 saturated carbocycles. The van der Waals surface area contributed by atoms with Crippen molar-refractivity contribution in [2.75, 3.05) is 26.9 Å². The number of aromatic nitrogens is 1. The number of oxazole rings is 1. The topological polar surface area (TPSA) is 64.8 Å². The first kappa shape index (κ1) is 20.7. The molecular weight excluding hydrogens is 380 g/mol. The van der Waals surface area contributed by atoms with Crippen LogP contribution < -0.4 is 4.74 Å². The van der Waals surface area contributed by atoms with Gasteiger partial charge in [0.1, 0.15) is 5.52 Å². The fourth-order valence-electron chi connectivity index (χ4n) is 3.84. The number of benzene rings is 1. The normalized spacial score (nSPS) is 18.8. The number of fused-ring (bicyclic) bond motifs is 1. The van der Waals surface area contributed by atoms with Crippen LogP contribution in [0.1, 0.15) is 33.6 Å². The number of methoxy groups -OCH3 is 1. The third kappa shape index (κ3) is 5.06. The van der Waals surface area contributed by atoms with Crippen molar-refractivity contribution >= 4 is 28.6 Å². The molecule has 1 amide bonds. The Labute approximate surface area is 170 Å². The molecule has 152 valence electrons. The summed E-state index contributed by atoms with van der Waals surface area (Å²) in [5, 5.41) is 0.565. The third-order valence-corrected chi connectivity index (χ3v) is 5.04. The van der Waals surface area contributed by atoms with Gasteiger partial charge in [0.05, 0.1) is 6.61 Å². The van der Waals surface area contributed by atoms with Crippen LogP contribution in [0, 0.1) is 11.3 Å². The molecule has 1 aromatic carbocycles. The lowest BCUT2D eigenvalue weighted by molar-refractivity contribution is -0.132. The molecule has 0 spiro atoms. The Morgan fingerprint density at radius 2 is 2.21 bits per heavy atom. The number of allylic oxidation sites excluding steroid dienone is 2. The zero-order valence-electron chi connectivity index (χ0n) is 16.8. The van der Waals surface area contributed by atoms with Crippen LogP contribution >= 0.6 is 11.6 Å². The van der Waals surface area contributed by atoms with Crippen LogP contribution in [0.3, 0.4) is 0 Å². The first-order valence-electron chi connectivity index (χ1n) is 9.47. The van der Waals surface area contributed by atoms with E-state index in [2.05, 4.69) is 31.8 Å². The number of amides is 1. The highest BCUT2D eigenvalue weighted by molar-refractivity contribution is 6.31. The van der Waals surface area contributed by atoms with Crippen LogP contribution in [0.2, 0.25) is 5.02 Å². The standard InChI is InChI=1S/C21H27ClN2O4/c1-14-9-16(12-21(2,3)11-14)24(7-8-26-4)19(25)13-27-20-23-17-10-15(22)5-6-18(17)28-20/h5-6,10,12,14H,7-9,11,13H2,1-4H3. The van der Waals surface area contributed by atoms with Gasteiger partial charge in [-0.1, -0.05) is 38.4 Å². The van der Waals surface area contributed by atoms with Crippen LogP contribution in [0.15, 0.2) is 34.4 Å². The Bertz CT molecular complexity index is 874. The van der Waals surface area contributed by atoms with Crippen LogP contribution in [-0.2, 0) is 9.53 Å². The highest BCUT2D eigenvalue weighted by Gasteiger charge is 2.30. The SMILES string of the molecule is COCCN(C(=O)COc1nc2cc(Cl)ccc2o1)C1=CC(C)(C)CC(C)C1. The number of hydrogen-bond acceptors (Lipinski definition) is 5. The van der Waals surface area contributed by atoms with Gasteiger partial charge in [-0.25, -0.2) is 0 Å². The van der Waals surface area contributed by atoms with Gasteiger partial charge < -0.3 is 18.8 Å². The minimum absolute atomic E-state index is 0.0546. The van der Waals surface area contributed by atoms with Gasteiger partial charge in [0.2, 0.25) is 0 Å². The Hall–Kier alpha value is -2.05. The highest BCUT2D eigenvalue weighted by atomic mass is 35.5. The van der Waals surface area contributed by atoms with Crippen molar-refractivity contribution in [2.45, 2.75) is 33.6 Å². The Morgan fingerprint density at radius 1 is 1.43 bits per heavy atom. The van der Waals surface area contributed by atoms with E-state index in [1.165, 1.54) is 0 Å². The zero-order valence-corrected chi connectivity index (χ0v) is 17.6. The molecule has 1 aromatic heterocycles. The second-order valence-electron chi connectivity index (χ2n) is 8.06. The maximum Gasteiger partial charge on any atom is 0.395 e. The maximum atomic E-state index is 12.9.